The SMILES string of the molecule is CCOc1cc2c(cc1CSc1n[nH]c(=O)n1Cc1ccccc1)OC(C)C2. The molecule has 0 amide bonds. The number of nitrogens with one attached hydrogen (secondary N) is 1. The summed E-state index contributed by atoms with van der Waals surface area (Å²) in [4.78, 5) is 12.2. The van der Waals surface area contributed by atoms with Crippen molar-refractivity contribution in [2.75, 3.05) is 6.61 Å². The van der Waals surface area contributed by atoms with E-state index in [2.05, 4.69) is 29.3 Å². The van der Waals surface area contributed by atoms with Crippen LogP contribution in [-0.4, -0.2) is 27.5 Å². The minimum Gasteiger partial charge on any atom is -0.494 e. The summed E-state index contributed by atoms with van der Waals surface area (Å²) in [5.41, 5.74) is 3.08. The van der Waals surface area contributed by atoms with E-state index in [0.717, 1.165) is 29.0 Å². The summed E-state index contributed by atoms with van der Waals surface area (Å²) < 4.78 is 13.4. The van der Waals surface area contributed by atoms with Gasteiger partial charge in [0.1, 0.15) is 17.6 Å². The van der Waals surface area contributed by atoms with Crippen molar-refractivity contribution in [2.24, 2.45) is 0 Å². The van der Waals surface area contributed by atoms with E-state index in [-0.39, 0.29) is 11.8 Å². The van der Waals surface area contributed by atoms with E-state index in [4.69, 9.17) is 9.47 Å². The van der Waals surface area contributed by atoms with Gasteiger partial charge in [-0.3, -0.25) is 4.57 Å². The third kappa shape index (κ3) is 3.94. The summed E-state index contributed by atoms with van der Waals surface area (Å²) in [6, 6.07) is 14.0. The van der Waals surface area contributed by atoms with Gasteiger partial charge in [-0.2, -0.15) is 0 Å². The van der Waals surface area contributed by atoms with Crippen molar-refractivity contribution >= 4 is 11.8 Å². The lowest BCUT2D eigenvalue weighted by atomic mass is 10.1. The monoisotopic (exact) mass is 397 g/mol. The zero-order chi connectivity index (χ0) is 19.5. The topological polar surface area (TPSA) is 69.1 Å². The molecule has 0 aliphatic carbocycles. The van der Waals surface area contributed by atoms with Gasteiger partial charge in [0, 0.05) is 23.3 Å². The smallest absolute Gasteiger partial charge is 0.344 e. The van der Waals surface area contributed by atoms with Crippen LogP contribution in [0.2, 0.25) is 0 Å². The summed E-state index contributed by atoms with van der Waals surface area (Å²) in [5, 5.41) is 7.42. The number of benzene rings is 2. The third-order valence-corrected chi connectivity index (χ3v) is 5.67. The molecular weight excluding hydrogens is 374 g/mol. The van der Waals surface area contributed by atoms with Gasteiger partial charge >= 0.3 is 5.69 Å². The predicted octanol–water partition coefficient (Wildman–Crippen LogP) is 3.63. The van der Waals surface area contributed by atoms with Crippen LogP contribution in [0.15, 0.2) is 52.4 Å². The normalized spacial score (nSPS) is 15.3. The number of H-pyrrole nitrogens is 1. The number of fused-ring (bicyclic) bond motifs is 1. The van der Waals surface area contributed by atoms with E-state index in [1.54, 1.807) is 4.57 Å². The van der Waals surface area contributed by atoms with Gasteiger partial charge in [-0.25, -0.2) is 9.89 Å². The molecule has 146 valence electrons. The number of hydrogen-bond donors (Lipinski definition) is 1. The fourth-order valence-electron chi connectivity index (χ4n) is 3.35. The second kappa shape index (κ2) is 8.14. The number of hydrogen-bond acceptors (Lipinski definition) is 5. The third-order valence-electron chi connectivity index (χ3n) is 4.64. The Kier molecular flexibility index (Phi) is 5.43. The first-order valence-corrected chi connectivity index (χ1v) is 10.4. The van der Waals surface area contributed by atoms with E-state index in [1.165, 1.54) is 17.3 Å². The highest BCUT2D eigenvalue weighted by Crippen LogP contribution is 2.37. The molecule has 1 atom stereocenters. The zero-order valence-electron chi connectivity index (χ0n) is 16.0. The Morgan fingerprint density at radius 2 is 2.14 bits per heavy atom. The average Bonchev–Trinajstić information content (AvgIpc) is 3.22. The van der Waals surface area contributed by atoms with E-state index >= 15 is 0 Å². The van der Waals surface area contributed by atoms with E-state index in [0.29, 0.717) is 24.1 Å². The Labute approximate surface area is 167 Å². The van der Waals surface area contributed by atoms with Gasteiger partial charge < -0.3 is 9.47 Å². The molecule has 28 heavy (non-hydrogen) atoms. The molecular formula is C21H23N3O3S. The second-order valence-electron chi connectivity index (χ2n) is 6.81. The Morgan fingerprint density at radius 3 is 2.93 bits per heavy atom. The fourth-order valence-corrected chi connectivity index (χ4v) is 4.27. The van der Waals surface area contributed by atoms with Crippen molar-refractivity contribution in [3.63, 3.8) is 0 Å². The molecule has 0 radical (unpaired) electrons. The highest BCUT2D eigenvalue weighted by molar-refractivity contribution is 7.98. The first kappa shape index (κ1) is 18.7. The van der Waals surface area contributed by atoms with Crippen molar-refractivity contribution in [1.29, 1.82) is 0 Å². The first-order valence-electron chi connectivity index (χ1n) is 9.41. The average molecular weight is 398 g/mol. The minimum absolute atomic E-state index is 0.190. The van der Waals surface area contributed by atoms with Crippen LogP contribution in [0.1, 0.15) is 30.5 Å². The van der Waals surface area contributed by atoms with Crippen molar-refractivity contribution in [2.45, 2.75) is 43.8 Å². The van der Waals surface area contributed by atoms with Crippen LogP contribution in [0.25, 0.3) is 0 Å². The van der Waals surface area contributed by atoms with E-state index < -0.39 is 0 Å². The molecule has 1 aliphatic heterocycles. The summed E-state index contributed by atoms with van der Waals surface area (Å²) in [6.07, 6.45) is 1.09. The Bertz CT molecular complexity index is 1010. The van der Waals surface area contributed by atoms with Gasteiger partial charge in [0.25, 0.3) is 0 Å². The highest BCUT2D eigenvalue weighted by atomic mass is 32.2. The molecule has 2 aromatic carbocycles. The lowest BCUT2D eigenvalue weighted by molar-refractivity contribution is 0.254. The summed E-state index contributed by atoms with van der Waals surface area (Å²) in [6.45, 7) is 5.14. The molecule has 3 aromatic rings. The van der Waals surface area contributed by atoms with Crippen molar-refractivity contribution in [1.82, 2.24) is 14.8 Å². The van der Waals surface area contributed by atoms with Gasteiger partial charge in [0.15, 0.2) is 5.16 Å². The molecule has 0 fully saturated rings. The number of aromatic amines is 1. The molecule has 1 aliphatic rings. The van der Waals surface area contributed by atoms with E-state index in [1.807, 2.05) is 37.3 Å². The van der Waals surface area contributed by atoms with Crippen LogP contribution in [0, 0.1) is 0 Å². The Hall–Kier alpha value is -2.67. The van der Waals surface area contributed by atoms with Gasteiger partial charge in [-0.1, -0.05) is 42.1 Å². The van der Waals surface area contributed by atoms with Crippen LogP contribution < -0.4 is 15.2 Å². The number of rotatable bonds is 7. The van der Waals surface area contributed by atoms with Crippen LogP contribution >= 0.6 is 11.8 Å². The lowest BCUT2D eigenvalue weighted by Crippen LogP contribution is -2.18. The van der Waals surface area contributed by atoms with Crippen molar-refractivity contribution in [3.05, 3.63) is 69.6 Å². The first-order chi connectivity index (χ1) is 13.6. The highest BCUT2D eigenvalue weighted by Gasteiger charge is 2.22. The number of nitrogens with zero attached hydrogens (tertiary/aromatic N) is 2. The molecule has 1 N–H and O–H groups in total. The number of thioether (sulfide) groups is 1. The van der Waals surface area contributed by atoms with Gasteiger partial charge in [0.05, 0.1) is 13.2 Å². The van der Waals surface area contributed by atoms with Crippen LogP contribution in [0.5, 0.6) is 11.5 Å². The van der Waals surface area contributed by atoms with Crippen molar-refractivity contribution < 1.29 is 9.47 Å². The van der Waals surface area contributed by atoms with Crippen LogP contribution in [-0.2, 0) is 18.7 Å². The molecule has 1 unspecified atom stereocenters. The molecule has 0 bridgehead atoms. The molecule has 0 saturated heterocycles. The van der Waals surface area contributed by atoms with Gasteiger partial charge in [-0.15, -0.1) is 5.10 Å². The minimum atomic E-state index is -0.206. The molecule has 0 spiro atoms. The molecule has 6 nitrogen and oxygen atoms in total. The number of ether oxygens (including phenoxy) is 2. The van der Waals surface area contributed by atoms with E-state index in [9.17, 15) is 4.79 Å². The predicted molar refractivity (Wildman–Crippen MR) is 109 cm³/mol. The summed E-state index contributed by atoms with van der Waals surface area (Å²) >= 11 is 1.51. The maximum Gasteiger partial charge on any atom is 0.344 e. The largest absolute Gasteiger partial charge is 0.494 e. The number of aromatic nitrogens is 3. The summed E-state index contributed by atoms with van der Waals surface area (Å²) in [7, 11) is 0. The molecule has 0 saturated carbocycles. The lowest BCUT2D eigenvalue weighted by Gasteiger charge is -2.12. The standard InChI is InChI=1S/C21H23N3O3S/c1-3-26-18-10-16-9-14(2)27-19(16)11-17(18)13-28-21-23-22-20(25)24(21)12-15-7-5-4-6-8-15/h4-8,10-11,14H,3,9,12-13H2,1-2H3,(H,22,25). The van der Waals surface area contributed by atoms with Crippen LogP contribution in [0.4, 0.5) is 0 Å². The van der Waals surface area contributed by atoms with Crippen LogP contribution in [0.3, 0.4) is 0 Å². The van der Waals surface area contributed by atoms with Gasteiger partial charge in [-0.05, 0) is 31.5 Å². The Morgan fingerprint density at radius 1 is 1.32 bits per heavy atom. The Balaban J connectivity index is 1.55. The molecule has 2 heterocycles. The molecule has 7 heteroatoms. The fraction of sp³-hybridized carbons (Fsp3) is 0.333. The van der Waals surface area contributed by atoms with Crippen molar-refractivity contribution in [3.8, 4) is 11.5 Å². The zero-order valence-corrected chi connectivity index (χ0v) is 16.8. The maximum atomic E-state index is 12.2. The molecule has 1 aromatic heterocycles. The molecule has 4 rings (SSSR count). The quantitative estimate of drug-likeness (QED) is 0.617. The van der Waals surface area contributed by atoms with Gasteiger partial charge in [0.2, 0.25) is 0 Å². The summed E-state index contributed by atoms with van der Waals surface area (Å²) in [5.74, 6) is 2.44. The maximum absolute atomic E-state index is 12.2. The second-order valence-corrected chi connectivity index (χ2v) is 7.75.